The van der Waals surface area contributed by atoms with Gasteiger partial charge in [-0.2, -0.15) is 5.10 Å². The van der Waals surface area contributed by atoms with Gasteiger partial charge < -0.3 is 5.32 Å². The number of nitrogens with zero attached hydrogens (tertiary/aromatic N) is 2. The minimum atomic E-state index is -2.65. The van der Waals surface area contributed by atoms with E-state index in [1.165, 1.54) is 43.2 Å². The Hall–Kier alpha value is -0.980. The monoisotopic (exact) mass is 443 g/mol. The van der Waals surface area contributed by atoms with Crippen LogP contribution in [0, 0.1) is 30.1 Å². The van der Waals surface area contributed by atoms with E-state index in [2.05, 4.69) is 33.3 Å². The van der Waals surface area contributed by atoms with Gasteiger partial charge in [0.1, 0.15) is 12.2 Å². The fourth-order valence-electron chi connectivity index (χ4n) is 6.51. The fraction of sp³-hybridized carbons (Fsp3) is 0.800. The second-order valence-electron chi connectivity index (χ2n) is 9.05. The number of rotatable bonds is 6. The molecule has 0 radical (unpaired) electrons. The molecule has 1 N–H and O–H groups in total. The summed E-state index contributed by atoms with van der Waals surface area (Å²) in [6, 6.07) is 0.173. The van der Waals surface area contributed by atoms with Crippen molar-refractivity contribution < 1.29 is 13.6 Å². The van der Waals surface area contributed by atoms with Crippen LogP contribution in [0.2, 0.25) is 0 Å². The zero-order valence-corrected chi connectivity index (χ0v) is 17.6. The van der Waals surface area contributed by atoms with Crippen LogP contribution in [0.15, 0.2) is 4.47 Å². The predicted molar refractivity (Wildman–Crippen MR) is 102 cm³/mol. The van der Waals surface area contributed by atoms with Crippen molar-refractivity contribution >= 4 is 21.8 Å². The lowest BCUT2D eigenvalue weighted by Crippen LogP contribution is -2.57. The highest BCUT2D eigenvalue weighted by Gasteiger charge is 2.54. The molecule has 1 aromatic heterocycles. The molecule has 4 nitrogen and oxygen atoms in total. The molecule has 4 saturated carbocycles. The summed E-state index contributed by atoms with van der Waals surface area (Å²) >= 11 is 3.17. The molecule has 4 fully saturated rings. The molecule has 0 saturated heterocycles. The lowest BCUT2D eigenvalue weighted by molar-refractivity contribution is -0.127. The number of carbonyl (C=O) groups excluding carboxylic acids is 1. The van der Waals surface area contributed by atoms with E-state index in [4.69, 9.17) is 0 Å². The molecule has 0 aromatic carbocycles. The molecule has 150 valence electrons. The average Bonchev–Trinajstić information content (AvgIpc) is 2.87. The SMILES string of the molecule is CCC(NC(=O)Cn1nc(C(F)F)c(Br)c1C)C12CC3CC(CC(C3)C1)C2. The minimum absolute atomic E-state index is 0.0139. The van der Waals surface area contributed by atoms with Crippen LogP contribution in [0.25, 0.3) is 0 Å². The molecule has 1 aromatic rings. The molecular formula is C20H28BrF2N3O. The average molecular weight is 444 g/mol. The number of nitrogens with one attached hydrogen (secondary N) is 1. The van der Waals surface area contributed by atoms with Crippen molar-refractivity contribution in [2.24, 2.45) is 23.2 Å². The first-order chi connectivity index (χ1) is 12.8. The maximum absolute atomic E-state index is 13.0. The van der Waals surface area contributed by atoms with Gasteiger partial charge in [-0.05, 0) is 91.0 Å². The number of alkyl halides is 2. The quantitative estimate of drug-likeness (QED) is 0.671. The van der Waals surface area contributed by atoms with Crippen LogP contribution in [0.3, 0.4) is 0 Å². The van der Waals surface area contributed by atoms with Crippen LogP contribution in [0.4, 0.5) is 8.78 Å². The molecule has 1 heterocycles. The van der Waals surface area contributed by atoms with Gasteiger partial charge in [0.15, 0.2) is 0 Å². The largest absolute Gasteiger partial charge is 0.351 e. The number of aromatic nitrogens is 2. The van der Waals surface area contributed by atoms with Gasteiger partial charge in [0.25, 0.3) is 6.43 Å². The Labute approximate surface area is 167 Å². The van der Waals surface area contributed by atoms with Gasteiger partial charge in [-0.1, -0.05) is 6.92 Å². The fourth-order valence-corrected chi connectivity index (χ4v) is 6.97. The third-order valence-corrected chi connectivity index (χ3v) is 8.21. The number of halogens is 3. The summed E-state index contributed by atoms with van der Waals surface area (Å²) in [5, 5.41) is 7.19. The molecule has 1 amide bonds. The van der Waals surface area contributed by atoms with Crippen LogP contribution < -0.4 is 5.32 Å². The van der Waals surface area contributed by atoms with Crippen molar-refractivity contribution in [2.75, 3.05) is 0 Å². The molecular weight excluding hydrogens is 416 g/mol. The smallest absolute Gasteiger partial charge is 0.283 e. The Morgan fingerprint density at radius 2 is 1.81 bits per heavy atom. The van der Waals surface area contributed by atoms with Gasteiger partial charge >= 0.3 is 0 Å². The maximum Gasteiger partial charge on any atom is 0.283 e. The maximum atomic E-state index is 13.0. The Kier molecular flexibility index (Phi) is 5.10. The topological polar surface area (TPSA) is 46.9 Å². The number of amides is 1. The van der Waals surface area contributed by atoms with Gasteiger partial charge in [-0.15, -0.1) is 0 Å². The summed E-state index contributed by atoms with van der Waals surface area (Å²) in [6.07, 6.45) is 6.10. The van der Waals surface area contributed by atoms with Gasteiger partial charge in [-0.3, -0.25) is 9.48 Å². The van der Waals surface area contributed by atoms with E-state index < -0.39 is 6.43 Å². The second-order valence-corrected chi connectivity index (χ2v) is 9.84. The summed E-state index contributed by atoms with van der Waals surface area (Å²) in [5.74, 6) is 2.37. The molecule has 0 aliphatic heterocycles. The second kappa shape index (κ2) is 7.12. The van der Waals surface area contributed by atoms with Gasteiger partial charge in [-0.25, -0.2) is 8.78 Å². The van der Waals surface area contributed by atoms with Crippen LogP contribution in [-0.2, 0) is 11.3 Å². The number of carbonyl (C=O) groups is 1. The molecule has 7 heteroatoms. The molecule has 5 rings (SSSR count). The first-order valence-electron chi connectivity index (χ1n) is 10.1. The van der Waals surface area contributed by atoms with Gasteiger partial charge in [0.2, 0.25) is 5.91 Å². The van der Waals surface area contributed by atoms with E-state index in [1.807, 2.05) is 0 Å². The zero-order chi connectivity index (χ0) is 19.3. The minimum Gasteiger partial charge on any atom is -0.351 e. The number of hydrogen-bond acceptors (Lipinski definition) is 2. The molecule has 0 spiro atoms. The van der Waals surface area contributed by atoms with E-state index in [9.17, 15) is 13.6 Å². The lowest BCUT2D eigenvalue weighted by Gasteiger charge is -2.59. The Balaban J connectivity index is 1.46. The molecule has 27 heavy (non-hydrogen) atoms. The normalized spacial score (nSPS) is 32.9. The molecule has 4 aliphatic rings. The van der Waals surface area contributed by atoms with Crippen molar-refractivity contribution in [3.05, 3.63) is 15.9 Å². The van der Waals surface area contributed by atoms with E-state index in [-0.39, 0.29) is 29.6 Å². The molecule has 1 atom stereocenters. The number of hydrogen-bond donors (Lipinski definition) is 1. The Morgan fingerprint density at radius 1 is 1.26 bits per heavy atom. The van der Waals surface area contributed by atoms with Crippen LogP contribution in [-0.4, -0.2) is 21.7 Å². The predicted octanol–water partition coefficient (Wildman–Crippen LogP) is 5.00. The standard InChI is InChI=1S/C20H28BrF2N3O/c1-3-15(20-7-12-4-13(8-20)6-14(5-12)9-20)24-16(27)10-26-11(2)17(21)18(25-26)19(22)23/h12-15,19H,3-10H2,1-2H3,(H,24,27). The summed E-state index contributed by atoms with van der Waals surface area (Å²) in [4.78, 5) is 12.7. The summed E-state index contributed by atoms with van der Waals surface area (Å²) < 4.78 is 27.8. The summed E-state index contributed by atoms with van der Waals surface area (Å²) in [5.41, 5.74) is 0.504. The van der Waals surface area contributed by atoms with Crippen molar-refractivity contribution in [1.82, 2.24) is 15.1 Å². The molecule has 1 unspecified atom stereocenters. The summed E-state index contributed by atoms with van der Waals surface area (Å²) in [7, 11) is 0. The lowest BCUT2D eigenvalue weighted by atomic mass is 9.47. The zero-order valence-electron chi connectivity index (χ0n) is 16.0. The van der Waals surface area contributed by atoms with E-state index in [1.54, 1.807) is 6.92 Å². The summed E-state index contributed by atoms with van der Waals surface area (Å²) in [6.45, 7) is 3.83. The van der Waals surface area contributed by atoms with Crippen LogP contribution in [0.5, 0.6) is 0 Å². The van der Waals surface area contributed by atoms with E-state index in [0.29, 0.717) is 10.2 Å². The highest BCUT2D eigenvalue weighted by atomic mass is 79.9. The van der Waals surface area contributed by atoms with E-state index >= 15 is 0 Å². The van der Waals surface area contributed by atoms with Crippen molar-refractivity contribution in [1.29, 1.82) is 0 Å². The van der Waals surface area contributed by atoms with Crippen LogP contribution >= 0.6 is 15.9 Å². The third kappa shape index (κ3) is 3.45. The third-order valence-electron chi connectivity index (χ3n) is 7.23. The Morgan fingerprint density at radius 3 is 2.26 bits per heavy atom. The molecule has 4 bridgehead atoms. The van der Waals surface area contributed by atoms with Crippen LogP contribution in [0.1, 0.15) is 69.7 Å². The van der Waals surface area contributed by atoms with E-state index in [0.717, 1.165) is 24.2 Å². The highest BCUT2D eigenvalue weighted by Crippen LogP contribution is 2.61. The Bertz CT molecular complexity index is 698. The van der Waals surface area contributed by atoms with Crippen molar-refractivity contribution in [3.63, 3.8) is 0 Å². The van der Waals surface area contributed by atoms with Crippen molar-refractivity contribution in [3.8, 4) is 0 Å². The highest BCUT2D eigenvalue weighted by molar-refractivity contribution is 9.10. The van der Waals surface area contributed by atoms with Gasteiger partial charge in [0, 0.05) is 6.04 Å². The first-order valence-corrected chi connectivity index (χ1v) is 10.9. The first kappa shape index (κ1) is 19.3. The molecule has 4 aliphatic carbocycles. The van der Waals surface area contributed by atoms with Crippen molar-refractivity contribution in [2.45, 2.75) is 77.8 Å². The van der Waals surface area contributed by atoms with Gasteiger partial charge in [0.05, 0.1) is 10.2 Å².